The third-order valence-corrected chi connectivity index (χ3v) is 4.19. The fourth-order valence-electron chi connectivity index (χ4n) is 3.32. The predicted octanol–water partition coefficient (Wildman–Crippen LogP) is 3.35. The maximum absolute atomic E-state index is 12.4. The Balaban J connectivity index is 2.27. The Morgan fingerprint density at radius 2 is 1.80 bits per heavy atom. The smallest absolute Gasteiger partial charge is 0.303 e. The van der Waals surface area contributed by atoms with Crippen molar-refractivity contribution in [2.45, 2.75) is 71.6 Å². The SMILES string of the molecule is CC(C)CC1(C(=O)NCCCCCC(=O)O)CCCC1. The molecule has 0 aromatic carbocycles. The van der Waals surface area contributed by atoms with Crippen LogP contribution in [-0.2, 0) is 9.59 Å². The van der Waals surface area contributed by atoms with Gasteiger partial charge in [0.1, 0.15) is 0 Å². The summed E-state index contributed by atoms with van der Waals surface area (Å²) >= 11 is 0. The second kappa shape index (κ2) is 8.28. The van der Waals surface area contributed by atoms with E-state index in [2.05, 4.69) is 19.2 Å². The number of carbonyl (C=O) groups is 2. The second-order valence-corrected chi connectivity index (χ2v) is 6.55. The van der Waals surface area contributed by atoms with Gasteiger partial charge in [0.15, 0.2) is 0 Å². The van der Waals surface area contributed by atoms with Crippen molar-refractivity contribution >= 4 is 11.9 Å². The molecule has 20 heavy (non-hydrogen) atoms. The number of carboxylic acid groups (broad SMARTS) is 1. The molecular formula is C16H29NO3. The first-order chi connectivity index (χ1) is 9.46. The second-order valence-electron chi connectivity index (χ2n) is 6.55. The molecule has 4 heteroatoms. The monoisotopic (exact) mass is 283 g/mol. The molecule has 0 atom stereocenters. The molecule has 0 unspecified atom stereocenters. The number of nitrogens with one attached hydrogen (secondary N) is 1. The summed E-state index contributed by atoms with van der Waals surface area (Å²) in [7, 11) is 0. The Bertz CT molecular complexity index is 320. The van der Waals surface area contributed by atoms with E-state index in [1.54, 1.807) is 0 Å². The Kier molecular flexibility index (Phi) is 7.03. The fourth-order valence-corrected chi connectivity index (χ4v) is 3.32. The van der Waals surface area contributed by atoms with E-state index in [1.165, 1.54) is 12.8 Å². The summed E-state index contributed by atoms with van der Waals surface area (Å²) in [6.45, 7) is 5.04. The molecule has 0 heterocycles. The Morgan fingerprint density at radius 1 is 1.15 bits per heavy atom. The molecule has 1 amide bonds. The quantitative estimate of drug-likeness (QED) is 0.638. The summed E-state index contributed by atoms with van der Waals surface area (Å²) in [6.07, 6.45) is 8.02. The molecule has 2 N–H and O–H groups in total. The van der Waals surface area contributed by atoms with Gasteiger partial charge < -0.3 is 10.4 Å². The molecule has 1 saturated carbocycles. The fraction of sp³-hybridized carbons (Fsp3) is 0.875. The van der Waals surface area contributed by atoms with Crippen LogP contribution in [0, 0.1) is 11.3 Å². The van der Waals surface area contributed by atoms with Crippen molar-refractivity contribution in [2.24, 2.45) is 11.3 Å². The van der Waals surface area contributed by atoms with Crippen LogP contribution in [0.5, 0.6) is 0 Å². The van der Waals surface area contributed by atoms with Gasteiger partial charge in [-0.3, -0.25) is 9.59 Å². The zero-order valence-electron chi connectivity index (χ0n) is 12.9. The van der Waals surface area contributed by atoms with Gasteiger partial charge in [0.05, 0.1) is 0 Å². The highest BCUT2D eigenvalue weighted by molar-refractivity contribution is 5.82. The number of hydrogen-bond donors (Lipinski definition) is 2. The maximum atomic E-state index is 12.4. The molecule has 0 spiro atoms. The number of carboxylic acids is 1. The average molecular weight is 283 g/mol. The summed E-state index contributed by atoms with van der Waals surface area (Å²) in [5.74, 6) is 0.0345. The van der Waals surface area contributed by atoms with E-state index in [4.69, 9.17) is 5.11 Å². The lowest BCUT2D eigenvalue weighted by Gasteiger charge is -2.29. The van der Waals surface area contributed by atoms with E-state index < -0.39 is 5.97 Å². The van der Waals surface area contributed by atoms with Crippen molar-refractivity contribution in [1.29, 1.82) is 0 Å². The van der Waals surface area contributed by atoms with Gasteiger partial charge in [-0.15, -0.1) is 0 Å². The highest BCUT2D eigenvalue weighted by Crippen LogP contribution is 2.43. The van der Waals surface area contributed by atoms with Crippen molar-refractivity contribution in [3.63, 3.8) is 0 Å². The molecule has 1 fully saturated rings. The largest absolute Gasteiger partial charge is 0.481 e. The molecule has 1 aliphatic carbocycles. The molecule has 4 nitrogen and oxygen atoms in total. The minimum absolute atomic E-state index is 0.130. The van der Waals surface area contributed by atoms with Gasteiger partial charge in [-0.25, -0.2) is 0 Å². The van der Waals surface area contributed by atoms with Gasteiger partial charge >= 0.3 is 5.97 Å². The van der Waals surface area contributed by atoms with Crippen molar-refractivity contribution < 1.29 is 14.7 Å². The first-order valence-corrected chi connectivity index (χ1v) is 7.96. The molecule has 0 bridgehead atoms. The Hall–Kier alpha value is -1.06. The van der Waals surface area contributed by atoms with E-state index in [9.17, 15) is 9.59 Å². The molecule has 0 saturated heterocycles. The van der Waals surface area contributed by atoms with Crippen molar-refractivity contribution in [2.75, 3.05) is 6.54 Å². The zero-order chi connectivity index (χ0) is 15.0. The maximum Gasteiger partial charge on any atom is 0.303 e. The molecule has 0 aromatic heterocycles. The van der Waals surface area contributed by atoms with E-state index in [1.807, 2.05) is 0 Å². The zero-order valence-corrected chi connectivity index (χ0v) is 12.9. The highest BCUT2D eigenvalue weighted by atomic mass is 16.4. The van der Waals surface area contributed by atoms with Crippen LogP contribution in [0.25, 0.3) is 0 Å². The van der Waals surface area contributed by atoms with Gasteiger partial charge in [0.2, 0.25) is 5.91 Å². The van der Waals surface area contributed by atoms with Crippen molar-refractivity contribution in [3.8, 4) is 0 Å². The Labute approximate surface area is 122 Å². The van der Waals surface area contributed by atoms with Gasteiger partial charge in [0, 0.05) is 18.4 Å². The lowest BCUT2D eigenvalue weighted by molar-refractivity contribution is -0.137. The third-order valence-electron chi connectivity index (χ3n) is 4.19. The van der Waals surface area contributed by atoms with E-state index in [0.717, 1.165) is 32.1 Å². The van der Waals surface area contributed by atoms with Gasteiger partial charge in [-0.1, -0.05) is 33.1 Å². The van der Waals surface area contributed by atoms with Crippen LogP contribution in [0.2, 0.25) is 0 Å². The van der Waals surface area contributed by atoms with Crippen LogP contribution in [0.15, 0.2) is 0 Å². The minimum atomic E-state index is -0.740. The van der Waals surface area contributed by atoms with Crippen LogP contribution < -0.4 is 5.32 Å². The summed E-state index contributed by atoms with van der Waals surface area (Å²) in [4.78, 5) is 22.8. The Morgan fingerprint density at radius 3 is 2.35 bits per heavy atom. The first kappa shape index (κ1) is 17.0. The topological polar surface area (TPSA) is 66.4 Å². The number of amides is 1. The summed E-state index contributed by atoms with van der Waals surface area (Å²) in [5, 5.41) is 11.6. The van der Waals surface area contributed by atoms with E-state index >= 15 is 0 Å². The van der Waals surface area contributed by atoms with E-state index in [-0.39, 0.29) is 17.7 Å². The number of rotatable bonds is 9. The number of aliphatic carboxylic acids is 1. The lowest BCUT2D eigenvalue weighted by Crippen LogP contribution is -2.40. The summed E-state index contributed by atoms with van der Waals surface area (Å²) < 4.78 is 0. The van der Waals surface area contributed by atoms with Crippen LogP contribution in [0.4, 0.5) is 0 Å². The average Bonchev–Trinajstić information content (AvgIpc) is 2.81. The molecule has 116 valence electrons. The standard InChI is InChI=1S/C16H29NO3/c1-13(2)12-16(9-5-6-10-16)15(20)17-11-7-3-4-8-14(18)19/h13H,3-12H2,1-2H3,(H,17,20)(H,18,19). The van der Waals surface area contributed by atoms with Crippen molar-refractivity contribution in [3.05, 3.63) is 0 Å². The number of unbranched alkanes of at least 4 members (excludes halogenated alkanes) is 2. The summed E-state index contributed by atoms with van der Waals surface area (Å²) in [5.41, 5.74) is -0.130. The number of hydrogen-bond acceptors (Lipinski definition) is 2. The van der Waals surface area contributed by atoms with Crippen LogP contribution in [0.3, 0.4) is 0 Å². The minimum Gasteiger partial charge on any atom is -0.481 e. The molecular weight excluding hydrogens is 254 g/mol. The molecule has 0 aliphatic heterocycles. The first-order valence-electron chi connectivity index (χ1n) is 7.96. The molecule has 1 rings (SSSR count). The van der Waals surface area contributed by atoms with Crippen molar-refractivity contribution in [1.82, 2.24) is 5.32 Å². The van der Waals surface area contributed by atoms with Gasteiger partial charge in [0.25, 0.3) is 0 Å². The van der Waals surface area contributed by atoms with Crippen LogP contribution in [0.1, 0.15) is 71.6 Å². The van der Waals surface area contributed by atoms with Gasteiger partial charge in [-0.05, 0) is 38.0 Å². The van der Waals surface area contributed by atoms with Crippen LogP contribution in [-0.4, -0.2) is 23.5 Å². The molecule has 0 aromatic rings. The number of carbonyl (C=O) groups excluding carboxylic acids is 1. The third kappa shape index (κ3) is 5.51. The summed E-state index contributed by atoms with van der Waals surface area (Å²) in [6, 6.07) is 0. The molecule has 1 aliphatic rings. The normalized spacial score (nSPS) is 17.4. The van der Waals surface area contributed by atoms with E-state index in [0.29, 0.717) is 18.9 Å². The van der Waals surface area contributed by atoms with Crippen LogP contribution >= 0.6 is 0 Å². The predicted molar refractivity (Wildman–Crippen MR) is 79.5 cm³/mol. The molecule has 0 radical (unpaired) electrons. The highest BCUT2D eigenvalue weighted by Gasteiger charge is 2.40. The van der Waals surface area contributed by atoms with Gasteiger partial charge in [-0.2, -0.15) is 0 Å². The lowest BCUT2D eigenvalue weighted by atomic mass is 9.77.